The number of nitro benzene ring substituents is 1. The van der Waals surface area contributed by atoms with E-state index in [1.165, 1.54) is 29.0 Å². The quantitative estimate of drug-likeness (QED) is 0.102. The first-order valence-electron chi connectivity index (χ1n) is 18.5. The van der Waals surface area contributed by atoms with Crippen LogP contribution in [0, 0.1) is 22.0 Å². The van der Waals surface area contributed by atoms with Gasteiger partial charge in [-0.05, 0) is 75.2 Å². The Morgan fingerprint density at radius 3 is 2.18 bits per heavy atom. The van der Waals surface area contributed by atoms with Crippen LogP contribution >= 0.6 is 0 Å². The molecule has 0 unspecified atom stereocenters. The Balaban J connectivity index is 1.97. The molecule has 0 saturated carbocycles. The van der Waals surface area contributed by atoms with E-state index in [2.05, 4.69) is 84.6 Å². The number of aromatic nitrogens is 2. The van der Waals surface area contributed by atoms with Crippen molar-refractivity contribution in [2.75, 3.05) is 18.1 Å². The van der Waals surface area contributed by atoms with Gasteiger partial charge in [0.25, 0.3) is 5.69 Å². The molecule has 3 rings (SSSR count). The van der Waals surface area contributed by atoms with E-state index in [-0.39, 0.29) is 39.7 Å². The number of rotatable bonds is 11. The van der Waals surface area contributed by atoms with Crippen molar-refractivity contribution >= 4 is 40.1 Å². The van der Waals surface area contributed by atoms with Gasteiger partial charge in [-0.1, -0.05) is 53.4 Å². The van der Waals surface area contributed by atoms with Gasteiger partial charge in [0, 0.05) is 29.8 Å². The number of nitrogens with zero attached hydrogens (tertiary/aromatic N) is 4. The lowest BCUT2D eigenvalue weighted by Crippen LogP contribution is -2.48. The van der Waals surface area contributed by atoms with Crippen LogP contribution in [0.5, 0.6) is 0 Å². The molecule has 1 aliphatic heterocycles. The lowest BCUT2D eigenvalue weighted by molar-refractivity contribution is -0.385. The standard InChI is InChI=1S/C38H56F3N5O9Si2/c1-35(2,3)54-34(49)45(23-26-17-16-25(21-27(26)46(50)51)15-14-19-42-32(47)38(39,40)41)30-18-20-44(33(48)43-30)31-22-28(55-57(12,13)37(7,8)9)29(53-31)24-52-56(10,11)36(4,5)6/h16-18,20-21,28-29,31H,19,22-24H2,1-13H3,(H,42,47)/t28-,29+,31+/m0/s1. The molecule has 3 atom stereocenters. The maximum atomic E-state index is 13.8. The van der Waals surface area contributed by atoms with Crippen LogP contribution in [-0.2, 0) is 29.7 Å². The highest BCUT2D eigenvalue weighted by Crippen LogP contribution is 2.42. The first-order valence-corrected chi connectivity index (χ1v) is 24.3. The highest BCUT2D eigenvalue weighted by molar-refractivity contribution is 6.74. The summed E-state index contributed by atoms with van der Waals surface area (Å²) in [6.45, 7) is 25.5. The minimum atomic E-state index is -5.08. The van der Waals surface area contributed by atoms with E-state index in [1.54, 1.807) is 26.1 Å². The van der Waals surface area contributed by atoms with Crippen molar-refractivity contribution in [3.8, 4) is 11.8 Å². The monoisotopic (exact) mass is 839 g/mol. The molecule has 316 valence electrons. The number of hydrogen-bond acceptors (Lipinski definition) is 10. The number of nitro groups is 1. The van der Waals surface area contributed by atoms with Gasteiger partial charge < -0.3 is 23.6 Å². The average Bonchev–Trinajstić information content (AvgIpc) is 3.43. The lowest BCUT2D eigenvalue weighted by Gasteiger charge is -2.40. The summed E-state index contributed by atoms with van der Waals surface area (Å²) in [5.74, 6) is 2.48. The molecule has 14 nitrogen and oxygen atoms in total. The predicted molar refractivity (Wildman–Crippen MR) is 214 cm³/mol. The molecule has 2 amide bonds. The molecule has 2 aromatic rings. The van der Waals surface area contributed by atoms with Crippen LogP contribution in [0.25, 0.3) is 0 Å². The maximum absolute atomic E-state index is 13.8. The first-order chi connectivity index (χ1) is 25.8. The Morgan fingerprint density at radius 1 is 1.04 bits per heavy atom. The zero-order chi connectivity index (χ0) is 43.5. The molecule has 19 heteroatoms. The van der Waals surface area contributed by atoms with Crippen LogP contribution in [0.1, 0.15) is 86.1 Å². The number of ether oxygens (including phenoxy) is 2. The highest BCUT2D eigenvalue weighted by Gasteiger charge is 2.47. The fourth-order valence-corrected chi connectivity index (χ4v) is 7.40. The molecule has 1 saturated heterocycles. The molecule has 0 radical (unpaired) electrons. The van der Waals surface area contributed by atoms with Crippen LogP contribution in [0.15, 0.2) is 35.3 Å². The zero-order valence-corrected chi connectivity index (χ0v) is 37.0. The third kappa shape index (κ3) is 12.7. The van der Waals surface area contributed by atoms with Crippen molar-refractivity contribution in [3.63, 3.8) is 0 Å². The Labute approximate surface area is 334 Å². The van der Waals surface area contributed by atoms with E-state index < -0.39 is 82.1 Å². The number of nitrogens with one attached hydrogen (secondary N) is 1. The molecule has 0 bridgehead atoms. The number of carbonyl (C=O) groups excluding carboxylic acids is 2. The molecule has 1 N–H and O–H groups in total. The molecule has 0 aliphatic carbocycles. The minimum absolute atomic E-state index is 0.0158. The van der Waals surface area contributed by atoms with Gasteiger partial charge in [0.05, 0.1) is 30.7 Å². The van der Waals surface area contributed by atoms with Crippen molar-refractivity contribution in [2.45, 2.75) is 142 Å². The van der Waals surface area contributed by atoms with Gasteiger partial charge in [-0.2, -0.15) is 18.2 Å². The maximum Gasteiger partial charge on any atom is 0.471 e. The summed E-state index contributed by atoms with van der Waals surface area (Å²) in [4.78, 5) is 55.0. The van der Waals surface area contributed by atoms with Gasteiger partial charge in [0.2, 0.25) is 0 Å². The zero-order valence-electron chi connectivity index (χ0n) is 35.0. The second kappa shape index (κ2) is 17.4. The Morgan fingerprint density at radius 2 is 1.65 bits per heavy atom. The van der Waals surface area contributed by atoms with Crippen LogP contribution in [0.4, 0.5) is 29.5 Å². The molecule has 0 spiro atoms. The van der Waals surface area contributed by atoms with Crippen molar-refractivity contribution in [2.24, 2.45) is 0 Å². The fourth-order valence-electron chi connectivity index (χ4n) is 5.02. The fraction of sp³-hybridized carbons (Fsp3) is 0.632. The number of benzene rings is 1. The van der Waals surface area contributed by atoms with Crippen molar-refractivity contribution in [1.29, 1.82) is 0 Å². The smallest absolute Gasteiger partial charge is 0.443 e. The third-order valence-corrected chi connectivity index (χ3v) is 19.3. The molecule has 1 aromatic heterocycles. The van der Waals surface area contributed by atoms with Crippen LogP contribution in [0.2, 0.25) is 36.3 Å². The Hall–Kier alpha value is -4.10. The van der Waals surface area contributed by atoms with Crippen LogP contribution < -0.4 is 15.9 Å². The number of hydrogen-bond donors (Lipinski definition) is 1. The SMILES string of the molecule is CC(C)(C)OC(=O)N(Cc1ccc(C#CCNC(=O)C(F)(F)F)cc1[N+](=O)[O-])c1ccn([C@H]2C[C@H](O[Si](C)(C)C(C)(C)C)[C@@H](CO[Si](C)(C)C(C)(C)C)O2)c(=O)n1. The molecule has 2 heterocycles. The summed E-state index contributed by atoms with van der Waals surface area (Å²) in [6.07, 6.45) is -5.86. The second-order valence-electron chi connectivity index (χ2n) is 18.0. The van der Waals surface area contributed by atoms with E-state index in [9.17, 15) is 37.7 Å². The van der Waals surface area contributed by atoms with Gasteiger partial charge in [0.1, 0.15) is 23.8 Å². The summed E-state index contributed by atoms with van der Waals surface area (Å²) in [7, 11) is -4.46. The molecular weight excluding hydrogens is 784 g/mol. The topological polar surface area (TPSA) is 164 Å². The number of anilines is 1. The van der Waals surface area contributed by atoms with Gasteiger partial charge >= 0.3 is 23.9 Å². The summed E-state index contributed by atoms with van der Waals surface area (Å²) < 4.78 is 64.2. The summed E-state index contributed by atoms with van der Waals surface area (Å²) in [5.41, 5.74) is -2.13. The molecule has 1 aliphatic rings. The highest BCUT2D eigenvalue weighted by atomic mass is 28.4. The van der Waals surface area contributed by atoms with Crippen LogP contribution in [-0.4, -0.2) is 80.2 Å². The largest absolute Gasteiger partial charge is 0.471 e. The van der Waals surface area contributed by atoms with Gasteiger partial charge in [-0.3, -0.25) is 24.4 Å². The van der Waals surface area contributed by atoms with E-state index in [1.807, 2.05) is 0 Å². The Kier molecular flexibility index (Phi) is 14.4. The van der Waals surface area contributed by atoms with Gasteiger partial charge in [-0.25, -0.2) is 9.59 Å². The summed E-state index contributed by atoms with van der Waals surface area (Å²) in [5, 5.41) is 13.6. The Bertz CT molecular complexity index is 1920. The number of alkyl halides is 3. The minimum Gasteiger partial charge on any atom is -0.443 e. The van der Waals surface area contributed by atoms with Gasteiger partial charge in [0.15, 0.2) is 16.6 Å². The first kappa shape index (κ1) is 47.3. The van der Waals surface area contributed by atoms with E-state index >= 15 is 0 Å². The van der Waals surface area contributed by atoms with E-state index in [0.29, 0.717) is 6.42 Å². The molecule has 1 fully saturated rings. The normalized spacial score (nSPS) is 18.1. The van der Waals surface area contributed by atoms with Crippen molar-refractivity contribution in [1.82, 2.24) is 14.9 Å². The molecule has 1 aromatic carbocycles. The van der Waals surface area contributed by atoms with Gasteiger partial charge in [-0.15, -0.1) is 0 Å². The summed E-state index contributed by atoms with van der Waals surface area (Å²) in [6, 6.07) is 5.18. The molecular formula is C38H56F3N5O9Si2. The van der Waals surface area contributed by atoms with Crippen molar-refractivity contribution in [3.05, 3.63) is 62.2 Å². The number of halogens is 3. The third-order valence-electron chi connectivity index (χ3n) is 10.3. The van der Waals surface area contributed by atoms with Crippen LogP contribution in [0.3, 0.4) is 0 Å². The summed E-state index contributed by atoms with van der Waals surface area (Å²) >= 11 is 0. The average molecular weight is 840 g/mol. The number of carbonyl (C=O) groups is 2. The number of amides is 2. The second-order valence-corrected chi connectivity index (χ2v) is 27.5. The lowest BCUT2D eigenvalue weighted by atomic mass is 10.1. The van der Waals surface area contributed by atoms with E-state index in [4.69, 9.17) is 18.3 Å². The van der Waals surface area contributed by atoms with Crippen molar-refractivity contribution < 1.29 is 46.0 Å². The predicted octanol–water partition coefficient (Wildman–Crippen LogP) is 7.82. The van der Waals surface area contributed by atoms with E-state index in [0.717, 1.165) is 11.0 Å². The molecule has 57 heavy (non-hydrogen) atoms.